The Balaban J connectivity index is 1.81. The molecule has 1 fully saturated rings. The van der Waals surface area contributed by atoms with Gasteiger partial charge >= 0.3 is 0 Å². The topological polar surface area (TPSA) is 42.3 Å². The average molecular weight is 469 g/mol. The number of ether oxygens (including phenoxy) is 1. The van der Waals surface area contributed by atoms with Crippen molar-refractivity contribution in [3.8, 4) is 5.69 Å². The first-order valence-electron chi connectivity index (χ1n) is 10.8. The van der Waals surface area contributed by atoms with Gasteiger partial charge in [0.05, 0.1) is 17.8 Å². The van der Waals surface area contributed by atoms with Crippen molar-refractivity contribution in [2.45, 2.75) is 39.3 Å². The fraction of sp³-hybridized carbons (Fsp3) is 0.360. The third kappa shape index (κ3) is 4.27. The summed E-state index contributed by atoms with van der Waals surface area (Å²) in [5, 5.41) is 5.02. The third-order valence-electron chi connectivity index (χ3n) is 6.15. The van der Waals surface area contributed by atoms with Crippen LogP contribution < -0.4 is 5.32 Å². The van der Waals surface area contributed by atoms with E-state index in [9.17, 15) is 0 Å². The molecule has 32 heavy (non-hydrogen) atoms. The van der Waals surface area contributed by atoms with Crippen LogP contribution in [0.4, 0.5) is 0 Å². The van der Waals surface area contributed by atoms with E-state index in [-0.39, 0.29) is 12.1 Å². The summed E-state index contributed by atoms with van der Waals surface area (Å²) in [6, 6.07) is 14.3. The maximum absolute atomic E-state index is 6.35. The first-order chi connectivity index (χ1) is 15.4. The molecule has 1 aliphatic rings. The lowest BCUT2D eigenvalue weighted by Gasteiger charge is -2.28. The number of aryl methyl sites for hydroxylation is 2. The second kappa shape index (κ2) is 9.61. The Labute approximate surface area is 200 Å². The van der Waals surface area contributed by atoms with Gasteiger partial charge in [-0.25, -0.2) is 0 Å². The Morgan fingerprint density at radius 3 is 2.69 bits per heavy atom. The maximum atomic E-state index is 6.35. The summed E-state index contributed by atoms with van der Waals surface area (Å²) in [5.74, 6) is 0. The van der Waals surface area contributed by atoms with E-state index < -0.39 is 0 Å². The number of pyridine rings is 1. The predicted molar refractivity (Wildman–Crippen MR) is 134 cm³/mol. The summed E-state index contributed by atoms with van der Waals surface area (Å²) in [6.07, 6.45) is 2.74. The molecular formula is C25H29ClN4OS. The molecule has 3 heterocycles. The van der Waals surface area contributed by atoms with Crippen molar-refractivity contribution in [1.29, 1.82) is 0 Å². The third-order valence-corrected chi connectivity index (χ3v) is 6.73. The Kier molecular flexibility index (Phi) is 6.84. The summed E-state index contributed by atoms with van der Waals surface area (Å²) in [6.45, 7) is 7.94. The van der Waals surface area contributed by atoms with Crippen molar-refractivity contribution < 1.29 is 4.74 Å². The molecule has 1 saturated heterocycles. The number of rotatable bonds is 7. The van der Waals surface area contributed by atoms with E-state index in [4.69, 9.17) is 28.6 Å². The van der Waals surface area contributed by atoms with Crippen LogP contribution >= 0.6 is 23.8 Å². The number of hydrogen-bond acceptors (Lipinski definition) is 3. The van der Waals surface area contributed by atoms with Crippen molar-refractivity contribution in [3.05, 3.63) is 81.9 Å². The zero-order valence-electron chi connectivity index (χ0n) is 18.9. The highest BCUT2D eigenvalue weighted by Crippen LogP contribution is 2.41. The molecule has 0 spiro atoms. The number of nitrogens with zero attached hydrogens (tertiary/aromatic N) is 3. The highest BCUT2D eigenvalue weighted by Gasteiger charge is 2.41. The van der Waals surface area contributed by atoms with Crippen LogP contribution in [0.25, 0.3) is 5.69 Å². The van der Waals surface area contributed by atoms with Gasteiger partial charge in [0, 0.05) is 48.6 Å². The summed E-state index contributed by atoms with van der Waals surface area (Å²) in [7, 11) is 1.73. The molecular weight excluding hydrogens is 440 g/mol. The van der Waals surface area contributed by atoms with Gasteiger partial charge in [0.2, 0.25) is 0 Å². The van der Waals surface area contributed by atoms with Gasteiger partial charge in [0.1, 0.15) is 0 Å². The largest absolute Gasteiger partial charge is 0.385 e. The predicted octanol–water partition coefficient (Wildman–Crippen LogP) is 5.46. The van der Waals surface area contributed by atoms with Gasteiger partial charge in [-0.3, -0.25) is 4.98 Å². The molecule has 168 valence electrons. The Hall–Kier alpha value is -2.41. The van der Waals surface area contributed by atoms with Crippen LogP contribution in [0.2, 0.25) is 5.02 Å². The lowest BCUT2D eigenvalue weighted by atomic mass is 9.96. The van der Waals surface area contributed by atoms with Crippen molar-refractivity contribution >= 4 is 28.9 Å². The Morgan fingerprint density at radius 1 is 1.16 bits per heavy atom. The van der Waals surface area contributed by atoms with E-state index in [1.54, 1.807) is 7.11 Å². The number of hydrogen-bond donors (Lipinski definition) is 1. The second-order valence-corrected chi connectivity index (χ2v) is 9.08. The Morgan fingerprint density at radius 2 is 1.97 bits per heavy atom. The van der Waals surface area contributed by atoms with Crippen molar-refractivity contribution in [2.75, 3.05) is 20.3 Å². The number of benzene rings is 1. The summed E-state index contributed by atoms with van der Waals surface area (Å²) in [5.41, 5.74) is 6.85. The lowest BCUT2D eigenvalue weighted by molar-refractivity contribution is 0.180. The maximum Gasteiger partial charge on any atom is 0.170 e. The molecule has 0 aliphatic carbocycles. The van der Waals surface area contributed by atoms with E-state index >= 15 is 0 Å². The average Bonchev–Trinajstić information content (AvgIpc) is 3.26. The fourth-order valence-electron chi connectivity index (χ4n) is 4.65. The highest BCUT2D eigenvalue weighted by molar-refractivity contribution is 7.80. The first-order valence-corrected chi connectivity index (χ1v) is 11.6. The van der Waals surface area contributed by atoms with Gasteiger partial charge in [-0.2, -0.15) is 0 Å². The standard InChI is InChI=1S/C25H29ClN4OS/c1-16-9-10-19(26)15-22(16)30-17(2)14-20(18(30)3)24-23(21-8-5-6-11-27-21)28-25(32)29(24)12-7-13-31-4/h5-6,8-11,14-15,23-24H,7,12-13H2,1-4H3,(H,28,32)/t23-,24+/m0/s1. The molecule has 1 N–H and O–H groups in total. The second-order valence-electron chi connectivity index (χ2n) is 8.26. The van der Waals surface area contributed by atoms with Gasteiger partial charge in [-0.05, 0) is 80.9 Å². The van der Waals surface area contributed by atoms with Crippen LogP contribution in [-0.4, -0.2) is 39.8 Å². The molecule has 0 bridgehead atoms. The molecule has 3 aromatic rings. The van der Waals surface area contributed by atoms with Crippen LogP contribution in [0.15, 0.2) is 48.7 Å². The zero-order chi connectivity index (χ0) is 22.8. The summed E-state index contributed by atoms with van der Waals surface area (Å²) in [4.78, 5) is 6.93. The number of methoxy groups -OCH3 is 1. The van der Waals surface area contributed by atoms with E-state index in [1.165, 1.54) is 16.8 Å². The van der Waals surface area contributed by atoms with E-state index in [1.807, 2.05) is 30.5 Å². The van der Waals surface area contributed by atoms with Gasteiger partial charge < -0.3 is 19.5 Å². The molecule has 5 nitrogen and oxygen atoms in total. The molecule has 2 aromatic heterocycles. The molecule has 0 radical (unpaired) electrons. The van der Waals surface area contributed by atoms with Gasteiger partial charge in [-0.1, -0.05) is 23.7 Å². The van der Waals surface area contributed by atoms with Gasteiger partial charge in [0.15, 0.2) is 5.11 Å². The van der Waals surface area contributed by atoms with E-state index in [0.717, 1.165) is 40.2 Å². The zero-order valence-corrected chi connectivity index (χ0v) is 20.5. The van der Waals surface area contributed by atoms with Gasteiger partial charge in [0.25, 0.3) is 0 Å². The molecule has 0 amide bonds. The van der Waals surface area contributed by atoms with Crippen LogP contribution in [0.1, 0.15) is 46.7 Å². The summed E-state index contributed by atoms with van der Waals surface area (Å²) >= 11 is 12.1. The lowest BCUT2D eigenvalue weighted by Crippen LogP contribution is -2.31. The summed E-state index contributed by atoms with van der Waals surface area (Å²) < 4.78 is 7.59. The molecule has 0 saturated carbocycles. The molecule has 2 atom stereocenters. The van der Waals surface area contributed by atoms with Crippen LogP contribution in [0.3, 0.4) is 0 Å². The quantitative estimate of drug-likeness (QED) is 0.368. The molecule has 4 rings (SSSR count). The minimum atomic E-state index is -0.0272. The number of halogens is 1. The SMILES string of the molecule is COCCCN1C(=S)N[C@@H](c2ccccn2)[C@H]1c1cc(C)n(-c2cc(Cl)ccc2C)c1C. The smallest absolute Gasteiger partial charge is 0.170 e. The van der Waals surface area contributed by atoms with Crippen molar-refractivity contribution in [2.24, 2.45) is 0 Å². The van der Waals surface area contributed by atoms with Crippen molar-refractivity contribution in [3.63, 3.8) is 0 Å². The number of nitrogens with one attached hydrogen (secondary N) is 1. The van der Waals surface area contributed by atoms with Crippen LogP contribution in [0.5, 0.6) is 0 Å². The van der Waals surface area contributed by atoms with Gasteiger partial charge in [-0.15, -0.1) is 0 Å². The van der Waals surface area contributed by atoms with Crippen molar-refractivity contribution in [1.82, 2.24) is 19.8 Å². The molecule has 1 aromatic carbocycles. The fourth-order valence-corrected chi connectivity index (χ4v) is 5.14. The normalized spacial score (nSPS) is 18.3. The first kappa shape index (κ1) is 22.8. The number of aromatic nitrogens is 2. The van der Waals surface area contributed by atoms with Crippen LogP contribution in [-0.2, 0) is 4.74 Å². The molecule has 1 aliphatic heterocycles. The van der Waals surface area contributed by atoms with E-state index in [2.05, 4.69) is 58.7 Å². The minimum Gasteiger partial charge on any atom is -0.385 e. The minimum absolute atomic E-state index is 0.0272. The van der Waals surface area contributed by atoms with E-state index in [0.29, 0.717) is 6.61 Å². The highest BCUT2D eigenvalue weighted by atomic mass is 35.5. The monoisotopic (exact) mass is 468 g/mol. The Bertz CT molecular complexity index is 1110. The number of thiocarbonyl (C=S) groups is 1. The molecule has 0 unspecified atom stereocenters. The van der Waals surface area contributed by atoms with Crippen LogP contribution in [0, 0.1) is 20.8 Å². The molecule has 7 heteroatoms.